The van der Waals surface area contributed by atoms with Gasteiger partial charge < -0.3 is 4.74 Å². The summed E-state index contributed by atoms with van der Waals surface area (Å²) >= 11 is 0.311. The summed E-state index contributed by atoms with van der Waals surface area (Å²) in [7, 11) is 0. The van der Waals surface area contributed by atoms with Crippen LogP contribution in [0.3, 0.4) is 0 Å². The topological polar surface area (TPSA) is 39.2 Å². The number of aromatic nitrogens is 1. The van der Waals surface area contributed by atoms with Gasteiger partial charge in [-0.25, -0.2) is 0 Å². The SMILES string of the molecule is Cc1c(OCC(F)(F)F)ccnc1C[S+]=O. The smallest absolute Gasteiger partial charge is 0.465 e. The first-order valence-electron chi connectivity index (χ1n) is 4.33. The molecule has 0 aliphatic carbocycles. The summed E-state index contributed by atoms with van der Waals surface area (Å²) in [6.07, 6.45) is -3.05. The lowest BCUT2D eigenvalue weighted by atomic mass is 10.2. The fraction of sp³-hybridized carbons (Fsp3) is 0.444. The molecule has 0 aliphatic rings. The van der Waals surface area contributed by atoms with Crippen LogP contribution in [-0.2, 0) is 21.6 Å². The van der Waals surface area contributed by atoms with Crippen LogP contribution in [0, 0.1) is 6.92 Å². The largest absolute Gasteiger partial charge is 0.484 e. The minimum Gasteiger partial charge on any atom is -0.484 e. The van der Waals surface area contributed by atoms with Crippen LogP contribution in [0.2, 0.25) is 0 Å². The van der Waals surface area contributed by atoms with E-state index < -0.39 is 12.8 Å². The Labute approximate surface area is 94.1 Å². The molecule has 0 unspecified atom stereocenters. The number of ether oxygens (including phenoxy) is 1. The highest BCUT2D eigenvalue weighted by atomic mass is 32.1. The van der Waals surface area contributed by atoms with Gasteiger partial charge in [-0.15, -0.1) is 0 Å². The van der Waals surface area contributed by atoms with Gasteiger partial charge in [0.2, 0.25) is 0 Å². The molecule has 0 spiro atoms. The van der Waals surface area contributed by atoms with E-state index in [1.165, 1.54) is 12.3 Å². The molecule has 3 nitrogen and oxygen atoms in total. The van der Waals surface area contributed by atoms with Crippen molar-refractivity contribution >= 4 is 11.7 Å². The summed E-state index contributed by atoms with van der Waals surface area (Å²) in [5, 5.41) is 0. The monoisotopic (exact) mass is 252 g/mol. The summed E-state index contributed by atoms with van der Waals surface area (Å²) in [4.78, 5) is 3.89. The van der Waals surface area contributed by atoms with Crippen molar-refractivity contribution in [2.24, 2.45) is 0 Å². The average molecular weight is 252 g/mol. The molecule has 0 saturated heterocycles. The Bertz CT molecular complexity index is 382. The summed E-state index contributed by atoms with van der Waals surface area (Å²) in [6.45, 7) is 0.228. The van der Waals surface area contributed by atoms with Crippen LogP contribution in [0.15, 0.2) is 12.3 Å². The zero-order chi connectivity index (χ0) is 12.2. The average Bonchev–Trinajstić information content (AvgIpc) is 2.18. The molecule has 88 valence electrons. The summed E-state index contributed by atoms with van der Waals surface area (Å²) in [5.41, 5.74) is 0.912. The summed E-state index contributed by atoms with van der Waals surface area (Å²) < 4.78 is 50.7. The number of hydrogen-bond acceptors (Lipinski definition) is 3. The molecular formula is C9H9F3NO2S+. The molecule has 0 amide bonds. The fourth-order valence-electron chi connectivity index (χ4n) is 1.08. The highest BCUT2D eigenvalue weighted by molar-refractivity contribution is 7.64. The number of rotatable bonds is 4. The van der Waals surface area contributed by atoms with Gasteiger partial charge in [0.15, 0.2) is 6.61 Å². The maximum absolute atomic E-state index is 11.9. The van der Waals surface area contributed by atoms with Gasteiger partial charge in [0.1, 0.15) is 11.4 Å². The number of nitrogens with zero attached hydrogens (tertiary/aromatic N) is 1. The Kier molecular flexibility index (Phi) is 4.17. The molecule has 0 atom stereocenters. The standard InChI is InChI=1S/C9H9F3NO2S/c1-6-7(4-16-14)13-3-2-8(6)15-5-9(10,11)12/h2-3H,4-5H2,1H3/q+1. The quantitative estimate of drug-likeness (QED) is 0.771. The second-order valence-electron chi connectivity index (χ2n) is 3.05. The van der Waals surface area contributed by atoms with Gasteiger partial charge >= 0.3 is 17.8 Å². The molecule has 0 bridgehead atoms. The molecule has 1 aromatic heterocycles. The molecule has 0 aromatic carbocycles. The normalized spacial score (nSPS) is 11.2. The third kappa shape index (κ3) is 3.73. The molecule has 1 heterocycles. The highest BCUT2D eigenvalue weighted by Crippen LogP contribution is 2.23. The van der Waals surface area contributed by atoms with Gasteiger partial charge in [-0.2, -0.15) is 13.2 Å². The Morgan fingerprint density at radius 3 is 2.75 bits per heavy atom. The van der Waals surface area contributed by atoms with Crippen molar-refractivity contribution in [3.63, 3.8) is 0 Å². The molecule has 0 aliphatic heterocycles. The first-order valence-corrected chi connectivity index (χ1v) is 5.24. The van der Waals surface area contributed by atoms with E-state index >= 15 is 0 Å². The zero-order valence-corrected chi connectivity index (χ0v) is 9.19. The van der Waals surface area contributed by atoms with Crippen LogP contribution in [0.1, 0.15) is 11.3 Å². The van der Waals surface area contributed by atoms with E-state index in [9.17, 15) is 17.4 Å². The lowest BCUT2D eigenvalue weighted by Gasteiger charge is -2.11. The van der Waals surface area contributed by atoms with E-state index in [2.05, 4.69) is 9.72 Å². The molecule has 0 saturated carbocycles. The minimum atomic E-state index is -4.37. The lowest BCUT2D eigenvalue weighted by Crippen LogP contribution is -2.19. The third-order valence-electron chi connectivity index (χ3n) is 1.85. The van der Waals surface area contributed by atoms with Gasteiger partial charge in [0, 0.05) is 16.0 Å². The van der Waals surface area contributed by atoms with Crippen molar-refractivity contribution in [2.45, 2.75) is 18.9 Å². The number of halogens is 3. The zero-order valence-electron chi connectivity index (χ0n) is 8.37. The molecule has 0 radical (unpaired) electrons. The Balaban J connectivity index is 2.80. The van der Waals surface area contributed by atoms with Crippen molar-refractivity contribution < 1.29 is 22.1 Å². The van der Waals surface area contributed by atoms with E-state index in [1.807, 2.05) is 0 Å². The van der Waals surface area contributed by atoms with E-state index in [-0.39, 0.29) is 11.5 Å². The maximum atomic E-state index is 11.9. The van der Waals surface area contributed by atoms with Crippen LogP contribution in [0.25, 0.3) is 0 Å². The molecular weight excluding hydrogens is 243 g/mol. The van der Waals surface area contributed by atoms with Crippen molar-refractivity contribution in [2.75, 3.05) is 6.61 Å². The van der Waals surface area contributed by atoms with Crippen LogP contribution < -0.4 is 4.74 Å². The molecule has 1 aromatic rings. The van der Waals surface area contributed by atoms with E-state index in [4.69, 9.17) is 0 Å². The van der Waals surface area contributed by atoms with Crippen LogP contribution in [0.5, 0.6) is 5.75 Å². The molecule has 16 heavy (non-hydrogen) atoms. The first kappa shape index (κ1) is 12.8. The number of pyridine rings is 1. The summed E-state index contributed by atoms with van der Waals surface area (Å²) in [6, 6.07) is 1.35. The van der Waals surface area contributed by atoms with E-state index in [0.717, 1.165) is 0 Å². The van der Waals surface area contributed by atoms with E-state index in [1.54, 1.807) is 6.92 Å². The summed E-state index contributed by atoms with van der Waals surface area (Å²) in [5.74, 6) is 0.214. The Morgan fingerprint density at radius 1 is 1.50 bits per heavy atom. The highest BCUT2D eigenvalue weighted by Gasteiger charge is 2.29. The van der Waals surface area contributed by atoms with Gasteiger partial charge in [-0.3, -0.25) is 4.98 Å². The van der Waals surface area contributed by atoms with Gasteiger partial charge in [-0.1, -0.05) is 0 Å². The van der Waals surface area contributed by atoms with Crippen molar-refractivity contribution in [3.8, 4) is 5.75 Å². The van der Waals surface area contributed by atoms with E-state index in [0.29, 0.717) is 22.9 Å². The van der Waals surface area contributed by atoms with Gasteiger partial charge in [-0.05, 0) is 13.0 Å². The van der Waals surface area contributed by atoms with Crippen LogP contribution in [0.4, 0.5) is 13.2 Å². The molecule has 0 fully saturated rings. The predicted octanol–water partition coefficient (Wildman–Crippen LogP) is 2.26. The van der Waals surface area contributed by atoms with Crippen molar-refractivity contribution in [3.05, 3.63) is 23.5 Å². The minimum absolute atomic E-state index is 0.106. The molecule has 1 rings (SSSR count). The number of alkyl halides is 3. The molecule has 0 N–H and O–H groups in total. The van der Waals surface area contributed by atoms with Crippen molar-refractivity contribution in [1.29, 1.82) is 0 Å². The second-order valence-corrected chi connectivity index (χ2v) is 3.57. The first-order chi connectivity index (χ1) is 7.44. The van der Waals surface area contributed by atoms with Gasteiger partial charge in [0.05, 0.1) is 0 Å². The number of hydrogen-bond donors (Lipinski definition) is 0. The van der Waals surface area contributed by atoms with Crippen LogP contribution in [-0.4, -0.2) is 17.8 Å². The Hall–Kier alpha value is -1.24. The van der Waals surface area contributed by atoms with Crippen LogP contribution >= 0.6 is 0 Å². The Morgan fingerprint density at radius 2 is 2.19 bits per heavy atom. The fourth-order valence-corrected chi connectivity index (χ4v) is 1.48. The maximum Gasteiger partial charge on any atom is 0.465 e. The molecule has 7 heteroatoms. The van der Waals surface area contributed by atoms with Gasteiger partial charge in [0.25, 0.3) is 5.75 Å². The second kappa shape index (κ2) is 5.20. The lowest BCUT2D eigenvalue weighted by molar-refractivity contribution is -0.153. The predicted molar refractivity (Wildman–Crippen MR) is 52.3 cm³/mol. The van der Waals surface area contributed by atoms with Crippen molar-refractivity contribution in [1.82, 2.24) is 4.98 Å². The third-order valence-corrected chi connectivity index (χ3v) is 2.24.